The molecule has 2 N–H and O–H groups in total. The number of urea groups is 1. The molecule has 1 saturated carbocycles. The van der Waals surface area contributed by atoms with E-state index in [4.69, 9.17) is 4.74 Å². The summed E-state index contributed by atoms with van der Waals surface area (Å²) in [5, 5.41) is 5.85. The molecule has 2 amide bonds. The molecule has 1 aromatic heterocycles. The van der Waals surface area contributed by atoms with Crippen molar-refractivity contribution in [1.82, 2.24) is 10.3 Å². The third-order valence-electron chi connectivity index (χ3n) is 4.42. The molecule has 126 valence electrons. The number of hydrogen-bond acceptors (Lipinski definition) is 3. The molecule has 0 atom stereocenters. The van der Waals surface area contributed by atoms with Gasteiger partial charge in [-0.2, -0.15) is 0 Å². The van der Waals surface area contributed by atoms with E-state index in [1.54, 1.807) is 30.5 Å². The van der Waals surface area contributed by atoms with Crippen molar-refractivity contribution in [3.05, 3.63) is 54.0 Å². The van der Waals surface area contributed by atoms with Gasteiger partial charge in [-0.1, -0.05) is 25.0 Å². The van der Waals surface area contributed by atoms with Crippen LogP contribution < -0.4 is 15.4 Å². The van der Waals surface area contributed by atoms with E-state index < -0.39 is 5.54 Å². The standard InChI is InChI=1S/C18H20FN3O2/c1-24-16-15(5-4-12-20-16)21-17(23)22-18(10-2-3-11-18)13-6-8-14(19)9-7-13/h4-9,12H,2-3,10-11H2,1H3,(H2,21,22,23). The van der Waals surface area contributed by atoms with E-state index in [-0.39, 0.29) is 11.8 Å². The highest BCUT2D eigenvalue weighted by molar-refractivity contribution is 5.91. The van der Waals surface area contributed by atoms with Crippen LogP contribution in [0.2, 0.25) is 0 Å². The Hall–Kier alpha value is -2.63. The van der Waals surface area contributed by atoms with Crippen LogP contribution in [0.15, 0.2) is 42.6 Å². The van der Waals surface area contributed by atoms with Crippen molar-refractivity contribution in [2.24, 2.45) is 0 Å². The lowest BCUT2D eigenvalue weighted by atomic mass is 9.88. The van der Waals surface area contributed by atoms with Crippen LogP contribution in [0.25, 0.3) is 0 Å². The highest BCUT2D eigenvalue weighted by Gasteiger charge is 2.37. The summed E-state index contributed by atoms with van der Waals surface area (Å²) in [5.41, 5.74) is 0.965. The number of hydrogen-bond donors (Lipinski definition) is 2. The van der Waals surface area contributed by atoms with Crippen molar-refractivity contribution in [2.45, 2.75) is 31.2 Å². The van der Waals surface area contributed by atoms with Crippen molar-refractivity contribution in [2.75, 3.05) is 12.4 Å². The molecule has 2 aromatic rings. The SMILES string of the molecule is COc1ncccc1NC(=O)NC1(c2ccc(F)cc2)CCCC1. The Balaban J connectivity index is 1.78. The van der Waals surface area contributed by atoms with E-state index in [1.807, 2.05) is 0 Å². The lowest BCUT2D eigenvalue weighted by Crippen LogP contribution is -2.45. The van der Waals surface area contributed by atoms with E-state index in [0.29, 0.717) is 11.6 Å². The molecular formula is C18H20FN3O2. The smallest absolute Gasteiger partial charge is 0.320 e. The number of anilines is 1. The highest BCUT2D eigenvalue weighted by Crippen LogP contribution is 2.39. The Morgan fingerprint density at radius 3 is 2.58 bits per heavy atom. The highest BCUT2D eigenvalue weighted by atomic mass is 19.1. The van der Waals surface area contributed by atoms with Crippen molar-refractivity contribution in [3.63, 3.8) is 0 Å². The molecule has 1 fully saturated rings. The predicted molar refractivity (Wildman–Crippen MR) is 89.5 cm³/mol. The van der Waals surface area contributed by atoms with Gasteiger partial charge in [0.25, 0.3) is 0 Å². The number of ether oxygens (including phenoxy) is 1. The molecular weight excluding hydrogens is 309 g/mol. The van der Waals surface area contributed by atoms with E-state index >= 15 is 0 Å². The van der Waals surface area contributed by atoms with Gasteiger partial charge in [0.1, 0.15) is 11.5 Å². The van der Waals surface area contributed by atoms with Crippen LogP contribution in [-0.2, 0) is 5.54 Å². The van der Waals surface area contributed by atoms with Gasteiger partial charge >= 0.3 is 6.03 Å². The number of benzene rings is 1. The van der Waals surface area contributed by atoms with Gasteiger partial charge in [-0.05, 0) is 42.7 Å². The summed E-state index contributed by atoms with van der Waals surface area (Å²) in [5.74, 6) is 0.0753. The van der Waals surface area contributed by atoms with E-state index in [9.17, 15) is 9.18 Å². The van der Waals surface area contributed by atoms with Gasteiger partial charge in [-0.15, -0.1) is 0 Å². The van der Waals surface area contributed by atoms with Crippen LogP contribution in [0.4, 0.5) is 14.9 Å². The zero-order valence-corrected chi connectivity index (χ0v) is 13.5. The Labute approximate surface area is 140 Å². The fourth-order valence-corrected chi connectivity index (χ4v) is 3.25. The molecule has 0 aliphatic heterocycles. The summed E-state index contributed by atoms with van der Waals surface area (Å²) in [6.45, 7) is 0. The minimum absolute atomic E-state index is 0.281. The summed E-state index contributed by atoms with van der Waals surface area (Å²) in [6.07, 6.45) is 5.30. The number of carbonyl (C=O) groups excluding carboxylic acids is 1. The molecule has 1 aliphatic carbocycles. The summed E-state index contributed by atoms with van der Waals surface area (Å²) in [7, 11) is 1.50. The fraction of sp³-hybridized carbons (Fsp3) is 0.333. The topological polar surface area (TPSA) is 63.2 Å². The van der Waals surface area contributed by atoms with Crippen molar-refractivity contribution >= 4 is 11.7 Å². The summed E-state index contributed by atoms with van der Waals surface area (Å²) < 4.78 is 18.4. The molecule has 0 bridgehead atoms. The number of aromatic nitrogens is 1. The Morgan fingerprint density at radius 1 is 1.21 bits per heavy atom. The van der Waals surface area contributed by atoms with Gasteiger partial charge < -0.3 is 15.4 Å². The maximum absolute atomic E-state index is 13.2. The molecule has 5 nitrogen and oxygen atoms in total. The summed E-state index contributed by atoms with van der Waals surface area (Å²) >= 11 is 0. The number of rotatable bonds is 4. The first-order valence-electron chi connectivity index (χ1n) is 7.97. The molecule has 0 radical (unpaired) electrons. The fourth-order valence-electron chi connectivity index (χ4n) is 3.25. The summed E-state index contributed by atoms with van der Waals surface area (Å²) in [4.78, 5) is 16.6. The van der Waals surface area contributed by atoms with Crippen LogP contribution in [0.1, 0.15) is 31.2 Å². The predicted octanol–water partition coefficient (Wildman–Crippen LogP) is 3.82. The number of nitrogens with zero attached hydrogens (tertiary/aromatic N) is 1. The van der Waals surface area contributed by atoms with Crippen LogP contribution in [0.3, 0.4) is 0 Å². The van der Waals surface area contributed by atoms with E-state index in [0.717, 1.165) is 31.2 Å². The first-order valence-corrected chi connectivity index (χ1v) is 7.97. The third kappa shape index (κ3) is 3.32. The van der Waals surface area contributed by atoms with Crippen molar-refractivity contribution < 1.29 is 13.9 Å². The lowest BCUT2D eigenvalue weighted by molar-refractivity contribution is 0.236. The second kappa shape index (κ2) is 6.86. The average molecular weight is 329 g/mol. The van der Waals surface area contributed by atoms with E-state index in [1.165, 1.54) is 19.2 Å². The molecule has 1 heterocycles. The first-order chi connectivity index (χ1) is 11.6. The summed E-state index contributed by atoms with van der Waals surface area (Å²) in [6, 6.07) is 9.47. The minimum Gasteiger partial charge on any atom is -0.480 e. The molecule has 24 heavy (non-hydrogen) atoms. The number of amides is 2. The number of methoxy groups -OCH3 is 1. The average Bonchev–Trinajstić information content (AvgIpc) is 3.05. The number of nitrogens with one attached hydrogen (secondary N) is 2. The van der Waals surface area contributed by atoms with E-state index in [2.05, 4.69) is 15.6 Å². The number of carbonyl (C=O) groups is 1. The second-order valence-electron chi connectivity index (χ2n) is 5.94. The molecule has 1 aromatic carbocycles. The molecule has 3 rings (SSSR count). The van der Waals surface area contributed by atoms with Gasteiger partial charge in [0.05, 0.1) is 12.6 Å². The Kier molecular flexibility index (Phi) is 4.64. The first kappa shape index (κ1) is 16.2. The van der Waals surface area contributed by atoms with Crippen LogP contribution in [0, 0.1) is 5.82 Å². The molecule has 0 unspecified atom stereocenters. The quantitative estimate of drug-likeness (QED) is 0.896. The van der Waals surface area contributed by atoms with Crippen LogP contribution in [0.5, 0.6) is 5.88 Å². The zero-order chi connectivity index (χ0) is 17.0. The molecule has 1 aliphatic rings. The lowest BCUT2D eigenvalue weighted by Gasteiger charge is -2.31. The third-order valence-corrected chi connectivity index (χ3v) is 4.42. The maximum Gasteiger partial charge on any atom is 0.320 e. The van der Waals surface area contributed by atoms with Crippen LogP contribution >= 0.6 is 0 Å². The number of halogens is 1. The Bertz CT molecular complexity index is 712. The zero-order valence-electron chi connectivity index (χ0n) is 13.5. The molecule has 6 heteroatoms. The largest absolute Gasteiger partial charge is 0.480 e. The molecule has 0 saturated heterocycles. The molecule has 0 spiro atoms. The monoisotopic (exact) mass is 329 g/mol. The van der Waals surface area contributed by atoms with Gasteiger partial charge in [-0.25, -0.2) is 14.2 Å². The van der Waals surface area contributed by atoms with Crippen molar-refractivity contribution in [3.8, 4) is 5.88 Å². The Morgan fingerprint density at radius 2 is 1.92 bits per heavy atom. The van der Waals surface area contributed by atoms with Gasteiger partial charge in [0.15, 0.2) is 0 Å². The van der Waals surface area contributed by atoms with Gasteiger partial charge in [0, 0.05) is 6.20 Å². The minimum atomic E-state index is -0.465. The van der Waals surface area contributed by atoms with Gasteiger partial charge in [-0.3, -0.25) is 0 Å². The van der Waals surface area contributed by atoms with Gasteiger partial charge in [0.2, 0.25) is 5.88 Å². The maximum atomic E-state index is 13.2. The van der Waals surface area contributed by atoms with Crippen molar-refractivity contribution in [1.29, 1.82) is 0 Å². The van der Waals surface area contributed by atoms with Crippen LogP contribution in [-0.4, -0.2) is 18.1 Å². The number of pyridine rings is 1. The second-order valence-corrected chi connectivity index (χ2v) is 5.94. The normalized spacial score (nSPS) is 15.8.